The second kappa shape index (κ2) is 12.6. The molecule has 0 radical (unpaired) electrons. The fourth-order valence-electron chi connectivity index (χ4n) is 3.35. The highest BCUT2D eigenvalue weighted by molar-refractivity contribution is 5.94. The van der Waals surface area contributed by atoms with Crippen LogP contribution in [0.3, 0.4) is 0 Å². The van der Waals surface area contributed by atoms with Crippen LogP contribution in [0.4, 0.5) is 0 Å². The Hall–Kier alpha value is -1.93. The molecule has 7 nitrogen and oxygen atoms in total. The minimum atomic E-state index is -0.483. The third kappa shape index (κ3) is 7.12. The lowest BCUT2D eigenvalue weighted by molar-refractivity contribution is -0.104. The Balaban J connectivity index is 2.35. The number of hydrogen-bond acceptors (Lipinski definition) is 7. The third-order valence-electron chi connectivity index (χ3n) is 4.92. The van der Waals surface area contributed by atoms with Gasteiger partial charge in [-0.15, -0.1) is 0 Å². The van der Waals surface area contributed by atoms with E-state index in [0.29, 0.717) is 30.6 Å². The molecule has 0 saturated heterocycles. The number of carbonyl (C=O) groups is 1. The third-order valence-corrected chi connectivity index (χ3v) is 4.92. The molecule has 29 heavy (non-hydrogen) atoms. The first-order valence-electron chi connectivity index (χ1n) is 9.91. The molecule has 1 aromatic carbocycles. The van der Waals surface area contributed by atoms with Crippen molar-refractivity contribution in [1.29, 1.82) is 0 Å². The maximum absolute atomic E-state index is 13.1. The molecule has 3 atom stereocenters. The quantitative estimate of drug-likeness (QED) is 0.402. The summed E-state index contributed by atoms with van der Waals surface area (Å²) in [6, 6.07) is 5.46. The molecule has 0 saturated carbocycles. The summed E-state index contributed by atoms with van der Waals surface area (Å²) in [6.07, 6.45) is 5.71. The summed E-state index contributed by atoms with van der Waals surface area (Å²) in [5.41, 5.74) is 1.21. The first-order chi connectivity index (χ1) is 14.1. The Kier molecular flexibility index (Phi) is 10.1. The van der Waals surface area contributed by atoms with Crippen LogP contribution in [0.2, 0.25) is 0 Å². The van der Waals surface area contributed by atoms with E-state index in [1.54, 1.807) is 13.2 Å². The van der Waals surface area contributed by atoms with Crippen LogP contribution >= 0.6 is 0 Å². The van der Waals surface area contributed by atoms with Crippen LogP contribution in [0, 0.1) is 5.92 Å². The van der Waals surface area contributed by atoms with E-state index in [1.807, 2.05) is 18.2 Å². The molecule has 1 unspecified atom stereocenters. The van der Waals surface area contributed by atoms with Crippen LogP contribution in [0.25, 0.3) is 0 Å². The molecule has 1 N–H and O–H groups in total. The smallest absolute Gasteiger partial charge is 0.342 e. The normalized spacial score (nSPS) is 22.9. The lowest BCUT2D eigenvalue weighted by Gasteiger charge is -2.28. The van der Waals surface area contributed by atoms with Gasteiger partial charge in [0.1, 0.15) is 24.2 Å². The van der Waals surface area contributed by atoms with Crippen LogP contribution in [0.15, 0.2) is 30.4 Å². The fraction of sp³-hybridized carbons (Fsp3) is 0.591. The summed E-state index contributed by atoms with van der Waals surface area (Å²) in [6.45, 7) is 2.21. The van der Waals surface area contributed by atoms with Gasteiger partial charge in [0.25, 0.3) is 0 Å². The molecule has 1 aromatic rings. The van der Waals surface area contributed by atoms with Gasteiger partial charge in [0.15, 0.2) is 6.79 Å². The lowest BCUT2D eigenvalue weighted by atomic mass is 9.93. The van der Waals surface area contributed by atoms with Gasteiger partial charge in [-0.3, -0.25) is 0 Å². The average molecular weight is 408 g/mol. The van der Waals surface area contributed by atoms with E-state index in [0.717, 1.165) is 12.0 Å². The number of esters is 1. The topological polar surface area (TPSA) is 83.5 Å². The maximum atomic E-state index is 13.1. The zero-order valence-corrected chi connectivity index (χ0v) is 17.5. The number of cyclic esters (lactones) is 1. The zero-order chi connectivity index (χ0) is 21.1. The fourth-order valence-corrected chi connectivity index (χ4v) is 3.35. The first kappa shape index (κ1) is 23.3. The lowest BCUT2D eigenvalue weighted by Crippen LogP contribution is -2.31. The van der Waals surface area contributed by atoms with Crippen LogP contribution in [0.5, 0.6) is 5.75 Å². The minimum absolute atomic E-state index is 0.0318. The van der Waals surface area contributed by atoms with Crippen molar-refractivity contribution in [3.8, 4) is 5.75 Å². The summed E-state index contributed by atoms with van der Waals surface area (Å²) in [5, 5.41) is 9.48. The highest BCUT2D eigenvalue weighted by Crippen LogP contribution is 2.28. The number of rotatable bonds is 8. The van der Waals surface area contributed by atoms with Crippen LogP contribution in [0.1, 0.15) is 42.1 Å². The monoisotopic (exact) mass is 408 g/mol. The van der Waals surface area contributed by atoms with Gasteiger partial charge >= 0.3 is 5.97 Å². The van der Waals surface area contributed by atoms with Crippen LogP contribution in [-0.4, -0.2) is 57.7 Å². The number of hydrogen-bond donors (Lipinski definition) is 1. The maximum Gasteiger partial charge on any atom is 0.342 e. The van der Waals surface area contributed by atoms with Crippen molar-refractivity contribution in [2.45, 2.75) is 44.8 Å². The average Bonchev–Trinajstić information content (AvgIpc) is 2.71. The zero-order valence-electron chi connectivity index (χ0n) is 17.5. The molecular weight excluding hydrogens is 376 g/mol. The van der Waals surface area contributed by atoms with E-state index < -0.39 is 12.1 Å². The van der Waals surface area contributed by atoms with Gasteiger partial charge in [0.2, 0.25) is 0 Å². The van der Waals surface area contributed by atoms with Gasteiger partial charge in [-0.05, 0) is 30.4 Å². The predicted octanol–water partition coefficient (Wildman–Crippen LogP) is 3.09. The Morgan fingerprint density at radius 2 is 1.97 bits per heavy atom. The Morgan fingerprint density at radius 1 is 1.17 bits per heavy atom. The van der Waals surface area contributed by atoms with E-state index in [2.05, 4.69) is 13.0 Å². The molecule has 0 aliphatic carbocycles. The SMILES string of the molecule is COCOc1cccc2c1C(=O)OC(CCO)C[C@H](OCOC)[C@H](C)CC=CC2. The second-order valence-electron chi connectivity index (χ2n) is 7.12. The van der Waals surface area contributed by atoms with Crippen LogP contribution < -0.4 is 4.74 Å². The van der Waals surface area contributed by atoms with Crippen molar-refractivity contribution in [1.82, 2.24) is 0 Å². The summed E-state index contributed by atoms with van der Waals surface area (Å²) >= 11 is 0. The van der Waals surface area contributed by atoms with E-state index >= 15 is 0 Å². The van der Waals surface area contributed by atoms with Gasteiger partial charge in [-0.2, -0.15) is 0 Å². The summed E-state index contributed by atoms with van der Waals surface area (Å²) < 4.78 is 27.3. The number of allylic oxidation sites excluding steroid dienone is 2. The number of carbonyl (C=O) groups excluding carboxylic acids is 1. The van der Waals surface area contributed by atoms with Gasteiger partial charge < -0.3 is 28.8 Å². The number of aliphatic hydroxyl groups excluding tert-OH is 1. The number of methoxy groups -OCH3 is 2. The molecular formula is C22H32O7. The Morgan fingerprint density at radius 3 is 2.69 bits per heavy atom. The molecule has 162 valence electrons. The molecule has 1 aliphatic heterocycles. The number of benzene rings is 1. The van der Waals surface area contributed by atoms with Gasteiger partial charge in [-0.1, -0.05) is 31.2 Å². The standard InChI is InChI=1S/C22H32O7/c1-16-7-4-5-8-17-9-6-10-19(27-14-25-2)21(17)22(24)29-18(11-12-23)13-20(16)28-15-26-3/h4-6,9-10,16,18,20,23H,7-8,11-15H2,1-3H3/t16-,18?,20+/m1/s1. The summed E-state index contributed by atoms with van der Waals surface area (Å²) in [7, 11) is 3.10. The van der Waals surface area contributed by atoms with Crippen molar-refractivity contribution in [3.05, 3.63) is 41.5 Å². The highest BCUT2D eigenvalue weighted by Gasteiger charge is 2.27. The molecule has 1 heterocycles. The Bertz CT molecular complexity index is 659. The van der Waals surface area contributed by atoms with E-state index in [9.17, 15) is 9.90 Å². The number of aliphatic hydroxyl groups is 1. The minimum Gasteiger partial charge on any atom is -0.467 e. The number of fused-ring (bicyclic) bond motifs is 1. The molecule has 0 fully saturated rings. The van der Waals surface area contributed by atoms with Crippen molar-refractivity contribution in [2.75, 3.05) is 34.4 Å². The molecule has 2 rings (SSSR count). The largest absolute Gasteiger partial charge is 0.467 e. The second-order valence-corrected chi connectivity index (χ2v) is 7.12. The van der Waals surface area contributed by atoms with Gasteiger partial charge in [0.05, 0.1) is 6.10 Å². The summed E-state index contributed by atoms with van der Waals surface area (Å²) in [5.74, 6) is 0.150. The van der Waals surface area contributed by atoms with Crippen molar-refractivity contribution < 1.29 is 33.6 Å². The molecule has 0 amide bonds. The highest BCUT2D eigenvalue weighted by atomic mass is 16.7. The van der Waals surface area contributed by atoms with E-state index in [1.165, 1.54) is 7.11 Å². The molecule has 0 aromatic heterocycles. The van der Waals surface area contributed by atoms with E-state index in [-0.39, 0.29) is 32.2 Å². The first-order valence-corrected chi connectivity index (χ1v) is 9.91. The van der Waals surface area contributed by atoms with Crippen molar-refractivity contribution >= 4 is 5.97 Å². The van der Waals surface area contributed by atoms with Gasteiger partial charge in [-0.25, -0.2) is 4.79 Å². The van der Waals surface area contributed by atoms with Crippen molar-refractivity contribution in [3.63, 3.8) is 0 Å². The van der Waals surface area contributed by atoms with Gasteiger partial charge in [0, 0.05) is 33.7 Å². The number of ether oxygens (including phenoxy) is 5. The molecule has 1 aliphatic rings. The predicted molar refractivity (Wildman–Crippen MR) is 108 cm³/mol. The molecule has 7 heteroatoms. The summed E-state index contributed by atoms with van der Waals surface area (Å²) in [4.78, 5) is 13.1. The van der Waals surface area contributed by atoms with Crippen molar-refractivity contribution in [2.24, 2.45) is 5.92 Å². The van der Waals surface area contributed by atoms with Crippen LogP contribution in [-0.2, 0) is 25.4 Å². The molecule has 0 bridgehead atoms. The van der Waals surface area contributed by atoms with E-state index in [4.69, 9.17) is 23.7 Å². The molecule has 0 spiro atoms. The Labute approximate surface area is 172 Å².